The van der Waals surface area contributed by atoms with Crippen LogP contribution in [0.2, 0.25) is 0 Å². The molecule has 2 aromatic rings. The highest BCUT2D eigenvalue weighted by molar-refractivity contribution is 6.99. The summed E-state index contributed by atoms with van der Waals surface area (Å²) in [6.07, 6.45) is 9.95. The average molecular weight is 278 g/mol. The maximum absolute atomic E-state index is 10.0. The van der Waals surface area contributed by atoms with Gasteiger partial charge in [-0.05, 0) is 18.9 Å². The second kappa shape index (κ2) is 5.79. The van der Waals surface area contributed by atoms with E-state index in [0.717, 1.165) is 17.4 Å². The van der Waals surface area contributed by atoms with Crippen LogP contribution < -0.4 is 0 Å². The third kappa shape index (κ3) is 3.01. The van der Waals surface area contributed by atoms with Crippen molar-refractivity contribution in [3.8, 4) is 0 Å². The summed E-state index contributed by atoms with van der Waals surface area (Å²) in [6.45, 7) is 0. The summed E-state index contributed by atoms with van der Waals surface area (Å²) in [5.74, 6) is 0. The highest BCUT2D eigenvalue weighted by atomic mass is 32.1. The molecule has 1 N–H and O–H groups in total. The van der Waals surface area contributed by atoms with Crippen LogP contribution in [0.3, 0.4) is 0 Å². The number of aromatic nitrogens is 4. The molecule has 1 unspecified atom stereocenters. The monoisotopic (exact) mass is 278 g/mol. The van der Waals surface area contributed by atoms with Gasteiger partial charge in [-0.25, -0.2) is 0 Å². The van der Waals surface area contributed by atoms with Crippen LogP contribution in [0, 0.1) is 0 Å². The van der Waals surface area contributed by atoms with E-state index in [-0.39, 0.29) is 0 Å². The quantitative estimate of drug-likeness (QED) is 0.933. The lowest BCUT2D eigenvalue weighted by Gasteiger charge is -2.21. The van der Waals surface area contributed by atoms with Crippen LogP contribution in [0.4, 0.5) is 0 Å². The second-order valence-electron chi connectivity index (χ2n) is 5.13. The molecule has 0 spiro atoms. The van der Waals surface area contributed by atoms with E-state index in [9.17, 15) is 5.11 Å². The lowest BCUT2D eigenvalue weighted by molar-refractivity contribution is 0.172. The highest BCUT2D eigenvalue weighted by Crippen LogP contribution is 2.27. The van der Waals surface area contributed by atoms with E-state index >= 15 is 0 Å². The summed E-state index contributed by atoms with van der Waals surface area (Å²) in [5.41, 5.74) is 1.56. The van der Waals surface area contributed by atoms with Gasteiger partial charge in [0.15, 0.2) is 0 Å². The molecule has 0 aliphatic heterocycles. The molecule has 2 heterocycles. The van der Waals surface area contributed by atoms with Crippen LogP contribution in [-0.2, 0) is 6.42 Å². The Bertz CT molecular complexity index is 504. The fourth-order valence-corrected chi connectivity index (χ4v) is 3.12. The molecule has 0 aromatic carbocycles. The van der Waals surface area contributed by atoms with Crippen molar-refractivity contribution in [2.75, 3.05) is 0 Å². The van der Waals surface area contributed by atoms with Crippen LogP contribution in [0.15, 0.2) is 18.5 Å². The van der Waals surface area contributed by atoms with Gasteiger partial charge < -0.3 is 5.11 Å². The second-order valence-corrected chi connectivity index (χ2v) is 5.69. The summed E-state index contributed by atoms with van der Waals surface area (Å²) in [5, 5.41) is 14.6. The minimum atomic E-state index is -0.603. The zero-order valence-corrected chi connectivity index (χ0v) is 11.6. The molecular weight excluding hydrogens is 260 g/mol. The van der Waals surface area contributed by atoms with Gasteiger partial charge in [0, 0.05) is 12.6 Å². The summed E-state index contributed by atoms with van der Waals surface area (Å²) >= 11 is 1.12. The smallest absolute Gasteiger partial charge is 0.104 e. The molecule has 102 valence electrons. The SMILES string of the molecule is OC(Cc1ccn(C2CCCCC2)n1)c1cnsn1. The van der Waals surface area contributed by atoms with E-state index in [1.807, 2.05) is 12.3 Å². The Morgan fingerprint density at radius 1 is 1.37 bits per heavy atom. The molecule has 3 rings (SSSR count). The minimum absolute atomic E-state index is 0.505. The number of aliphatic hydroxyl groups is 1. The molecule has 1 fully saturated rings. The third-order valence-corrected chi connectivity index (χ3v) is 4.23. The van der Waals surface area contributed by atoms with Gasteiger partial charge in [-0.3, -0.25) is 4.68 Å². The first-order valence-corrected chi connectivity index (χ1v) is 7.55. The standard InChI is InChI=1S/C13H18N4OS/c18-13(12-9-14-19-16-12)8-10-6-7-17(15-10)11-4-2-1-3-5-11/h6-7,9,11,13,18H,1-5,8H2. The van der Waals surface area contributed by atoms with Gasteiger partial charge in [-0.1, -0.05) is 19.3 Å². The lowest BCUT2D eigenvalue weighted by Crippen LogP contribution is -2.13. The maximum Gasteiger partial charge on any atom is 0.104 e. The zero-order valence-electron chi connectivity index (χ0n) is 10.8. The minimum Gasteiger partial charge on any atom is -0.386 e. The number of nitrogens with zero attached hydrogens (tertiary/aromatic N) is 4. The first kappa shape index (κ1) is 12.7. The van der Waals surface area contributed by atoms with Crippen molar-refractivity contribution >= 4 is 11.7 Å². The summed E-state index contributed by atoms with van der Waals surface area (Å²) in [6, 6.07) is 2.54. The van der Waals surface area contributed by atoms with Crippen molar-refractivity contribution in [3.63, 3.8) is 0 Å². The summed E-state index contributed by atoms with van der Waals surface area (Å²) in [4.78, 5) is 0. The molecule has 1 aliphatic carbocycles. The van der Waals surface area contributed by atoms with Crippen LogP contribution in [0.5, 0.6) is 0 Å². The first-order valence-electron chi connectivity index (χ1n) is 6.82. The molecule has 0 radical (unpaired) electrons. The average Bonchev–Trinajstić information content (AvgIpc) is 3.11. The van der Waals surface area contributed by atoms with Crippen LogP contribution >= 0.6 is 11.7 Å². The topological polar surface area (TPSA) is 63.8 Å². The van der Waals surface area contributed by atoms with E-state index in [2.05, 4.69) is 18.5 Å². The van der Waals surface area contributed by atoms with E-state index in [1.54, 1.807) is 6.20 Å². The van der Waals surface area contributed by atoms with Gasteiger partial charge >= 0.3 is 0 Å². The Balaban J connectivity index is 1.64. The van der Waals surface area contributed by atoms with Crippen molar-refractivity contribution in [3.05, 3.63) is 29.8 Å². The fourth-order valence-electron chi connectivity index (χ4n) is 2.66. The van der Waals surface area contributed by atoms with Gasteiger partial charge in [0.25, 0.3) is 0 Å². The molecule has 0 saturated heterocycles. The van der Waals surface area contributed by atoms with Crippen molar-refractivity contribution < 1.29 is 5.11 Å². The molecule has 0 bridgehead atoms. The van der Waals surface area contributed by atoms with Gasteiger partial charge in [0.2, 0.25) is 0 Å². The molecule has 1 aliphatic rings. The number of hydrogen-bond acceptors (Lipinski definition) is 5. The Morgan fingerprint density at radius 2 is 2.21 bits per heavy atom. The number of aliphatic hydroxyl groups excluding tert-OH is 1. The Kier molecular flexibility index (Phi) is 3.89. The number of rotatable bonds is 4. The molecular formula is C13H18N4OS. The van der Waals surface area contributed by atoms with Gasteiger partial charge in [0.05, 0.1) is 29.7 Å². The highest BCUT2D eigenvalue weighted by Gasteiger charge is 2.17. The molecule has 1 atom stereocenters. The summed E-state index contributed by atoms with van der Waals surface area (Å²) in [7, 11) is 0. The van der Waals surface area contributed by atoms with Crippen LogP contribution in [0.25, 0.3) is 0 Å². The molecule has 19 heavy (non-hydrogen) atoms. The molecule has 5 nitrogen and oxygen atoms in total. The third-order valence-electron chi connectivity index (χ3n) is 3.73. The fraction of sp³-hybridized carbons (Fsp3) is 0.615. The van der Waals surface area contributed by atoms with Crippen molar-refractivity contribution in [2.24, 2.45) is 0 Å². The Hall–Kier alpha value is -1.27. The Labute approximate surface area is 116 Å². The molecule has 6 heteroatoms. The number of hydrogen-bond donors (Lipinski definition) is 1. The van der Waals surface area contributed by atoms with Crippen molar-refractivity contribution in [1.82, 2.24) is 18.5 Å². The van der Waals surface area contributed by atoms with Crippen LogP contribution in [-0.4, -0.2) is 23.6 Å². The zero-order chi connectivity index (χ0) is 13.1. The van der Waals surface area contributed by atoms with E-state index in [1.165, 1.54) is 32.1 Å². The predicted molar refractivity (Wildman–Crippen MR) is 72.9 cm³/mol. The normalized spacial score (nSPS) is 18.6. The van der Waals surface area contributed by atoms with Gasteiger partial charge in [-0.15, -0.1) is 0 Å². The van der Waals surface area contributed by atoms with E-state index < -0.39 is 6.10 Å². The first-order chi connectivity index (χ1) is 9.33. The van der Waals surface area contributed by atoms with Crippen molar-refractivity contribution in [2.45, 2.75) is 50.7 Å². The van der Waals surface area contributed by atoms with Gasteiger partial charge in [-0.2, -0.15) is 13.8 Å². The molecule has 1 saturated carbocycles. The van der Waals surface area contributed by atoms with Crippen molar-refractivity contribution in [1.29, 1.82) is 0 Å². The molecule has 0 amide bonds. The maximum atomic E-state index is 10.0. The van der Waals surface area contributed by atoms with Gasteiger partial charge in [0.1, 0.15) is 11.8 Å². The lowest BCUT2D eigenvalue weighted by atomic mass is 9.96. The predicted octanol–water partition coefficient (Wildman–Crippen LogP) is 2.52. The summed E-state index contributed by atoms with van der Waals surface area (Å²) < 4.78 is 10.0. The van der Waals surface area contributed by atoms with Crippen LogP contribution in [0.1, 0.15) is 55.6 Å². The van der Waals surface area contributed by atoms with E-state index in [4.69, 9.17) is 0 Å². The molecule has 2 aromatic heterocycles. The van der Waals surface area contributed by atoms with E-state index in [0.29, 0.717) is 18.2 Å². The Morgan fingerprint density at radius 3 is 2.95 bits per heavy atom. The largest absolute Gasteiger partial charge is 0.386 e.